The maximum Gasteiger partial charge on any atom is 0.223 e. The third kappa shape index (κ3) is 2.88. The van der Waals surface area contributed by atoms with Crippen LogP contribution in [0.25, 0.3) is 11.2 Å². The van der Waals surface area contributed by atoms with Gasteiger partial charge in [0.1, 0.15) is 11.3 Å². The highest BCUT2D eigenvalue weighted by atomic mass is 35.5. The van der Waals surface area contributed by atoms with Gasteiger partial charge in [0, 0.05) is 25.2 Å². The third-order valence-corrected chi connectivity index (χ3v) is 4.00. The number of aromatic nitrogens is 3. The summed E-state index contributed by atoms with van der Waals surface area (Å²) in [6.07, 6.45) is 3.82. The Kier molecular flexibility index (Phi) is 3.85. The molecule has 0 aromatic carbocycles. The molecule has 1 atom stereocenters. The van der Waals surface area contributed by atoms with E-state index in [4.69, 9.17) is 11.6 Å². The topological polar surface area (TPSA) is 59.8 Å². The van der Waals surface area contributed by atoms with Crippen molar-refractivity contribution in [1.82, 2.24) is 19.9 Å². The smallest absolute Gasteiger partial charge is 0.223 e. The Hall–Kier alpha value is -1.62. The molecule has 1 N–H and O–H groups in total. The number of nitrogens with zero attached hydrogens (tertiary/aromatic N) is 3. The first-order valence-corrected chi connectivity index (χ1v) is 7.75. The molecule has 0 spiro atoms. The lowest BCUT2D eigenvalue weighted by atomic mass is 10.3. The zero-order chi connectivity index (χ0) is 15.0. The number of hydrogen-bond acceptors (Lipinski definition) is 3. The number of hydrogen-bond donors (Lipinski definition) is 1. The lowest BCUT2D eigenvalue weighted by Gasteiger charge is -2.10. The first-order valence-electron chi connectivity index (χ1n) is 7.31. The normalized spacial score (nSPS) is 16.1. The molecule has 0 radical (unpaired) electrons. The molecule has 1 aliphatic rings. The molecule has 3 rings (SSSR count). The van der Waals surface area contributed by atoms with Gasteiger partial charge in [-0.2, -0.15) is 0 Å². The minimum absolute atomic E-state index is 0.157. The number of rotatable bonds is 5. The van der Waals surface area contributed by atoms with Crippen LogP contribution in [0.3, 0.4) is 0 Å². The largest absolute Gasteiger partial charge is 0.354 e. The van der Waals surface area contributed by atoms with Gasteiger partial charge in [0.05, 0.1) is 5.38 Å². The van der Waals surface area contributed by atoms with Crippen LogP contribution < -0.4 is 5.32 Å². The van der Waals surface area contributed by atoms with Crippen LogP contribution >= 0.6 is 11.6 Å². The van der Waals surface area contributed by atoms with Gasteiger partial charge >= 0.3 is 0 Å². The number of carbonyl (C=O) groups is 1. The molecule has 21 heavy (non-hydrogen) atoms. The second kappa shape index (κ2) is 5.64. The Balaban J connectivity index is 1.83. The fourth-order valence-corrected chi connectivity index (χ4v) is 2.63. The predicted octanol–water partition coefficient (Wildman–Crippen LogP) is 2.57. The predicted molar refractivity (Wildman–Crippen MR) is 82.3 cm³/mol. The molecule has 6 heteroatoms. The number of amides is 1. The van der Waals surface area contributed by atoms with E-state index in [2.05, 4.69) is 15.3 Å². The highest BCUT2D eigenvalue weighted by Crippen LogP contribution is 2.28. The van der Waals surface area contributed by atoms with Gasteiger partial charge in [-0.15, -0.1) is 11.6 Å². The minimum Gasteiger partial charge on any atom is -0.354 e. The summed E-state index contributed by atoms with van der Waals surface area (Å²) in [5, 5.41) is 2.77. The lowest BCUT2D eigenvalue weighted by molar-refractivity contribution is -0.122. The van der Waals surface area contributed by atoms with Crippen molar-refractivity contribution in [3.63, 3.8) is 0 Å². The SMILES string of the molecule is Cc1ccnc2c1nc(C(C)Cl)n2CCNC(=O)C1CC1. The van der Waals surface area contributed by atoms with E-state index >= 15 is 0 Å². The van der Waals surface area contributed by atoms with Crippen LogP contribution in [-0.4, -0.2) is 27.0 Å². The van der Waals surface area contributed by atoms with Crippen LogP contribution in [-0.2, 0) is 11.3 Å². The number of pyridine rings is 1. The number of carbonyl (C=O) groups excluding carboxylic acids is 1. The molecule has 1 fully saturated rings. The average Bonchev–Trinajstić information content (AvgIpc) is 3.22. The zero-order valence-corrected chi connectivity index (χ0v) is 13.0. The summed E-state index contributed by atoms with van der Waals surface area (Å²) in [5.74, 6) is 1.19. The Morgan fingerprint density at radius 2 is 2.33 bits per heavy atom. The molecule has 2 aromatic rings. The summed E-state index contributed by atoms with van der Waals surface area (Å²) in [7, 11) is 0. The monoisotopic (exact) mass is 306 g/mol. The van der Waals surface area contributed by atoms with E-state index in [-0.39, 0.29) is 17.2 Å². The van der Waals surface area contributed by atoms with Gasteiger partial charge in [-0.05, 0) is 38.3 Å². The molecule has 2 aromatic heterocycles. The van der Waals surface area contributed by atoms with Gasteiger partial charge in [0.15, 0.2) is 5.65 Å². The van der Waals surface area contributed by atoms with Crippen LogP contribution in [0.4, 0.5) is 0 Å². The van der Waals surface area contributed by atoms with Crippen molar-refractivity contribution in [2.75, 3.05) is 6.54 Å². The Labute approximate surface area is 128 Å². The van der Waals surface area contributed by atoms with Crippen molar-refractivity contribution < 1.29 is 4.79 Å². The summed E-state index contributed by atoms with van der Waals surface area (Å²) < 4.78 is 2.01. The second-order valence-electron chi connectivity index (χ2n) is 5.60. The standard InChI is InChI=1S/C15H19ClN4O/c1-9-5-6-17-14-12(9)19-13(10(2)16)20(14)8-7-18-15(21)11-3-4-11/h5-6,10-11H,3-4,7-8H2,1-2H3,(H,18,21). The molecule has 0 bridgehead atoms. The Bertz CT molecular complexity index is 676. The first kappa shape index (κ1) is 14.3. The van der Waals surface area contributed by atoms with Gasteiger partial charge in [0.25, 0.3) is 0 Å². The molecular formula is C15H19ClN4O. The van der Waals surface area contributed by atoms with Crippen LogP contribution in [0.15, 0.2) is 12.3 Å². The van der Waals surface area contributed by atoms with E-state index in [1.165, 1.54) is 0 Å². The van der Waals surface area contributed by atoms with Crippen molar-refractivity contribution in [3.05, 3.63) is 23.7 Å². The van der Waals surface area contributed by atoms with Crippen LogP contribution in [0.1, 0.15) is 36.5 Å². The van der Waals surface area contributed by atoms with E-state index in [1.54, 1.807) is 6.20 Å². The van der Waals surface area contributed by atoms with Gasteiger partial charge in [0.2, 0.25) is 5.91 Å². The molecule has 1 unspecified atom stereocenters. The van der Waals surface area contributed by atoms with E-state index in [9.17, 15) is 4.79 Å². The maximum atomic E-state index is 11.7. The Morgan fingerprint density at radius 1 is 1.57 bits per heavy atom. The quantitative estimate of drug-likeness (QED) is 0.864. The highest BCUT2D eigenvalue weighted by molar-refractivity contribution is 6.20. The minimum atomic E-state index is -0.197. The summed E-state index contributed by atoms with van der Waals surface area (Å²) in [5.41, 5.74) is 2.80. The van der Waals surface area contributed by atoms with Gasteiger partial charge < -0.3 is 9.88 Å². The number of halogens is 1. The van der Waals surface area contributed by atoms with E-state index in [0.29, 0.717) is 13.1 Å². The molecule has 5 nitrogen and oxygen atoms in total. The number of fused-ring (bicyclic) bond motifs is 1. The van der Waals surface area contributed by atoms with Crippen molar-refractivity contribution in [2.24, 2.45) is 5.92 Å². The average molecular weight is 307 g/mol. The summed E-state index contributed by atoms with van der Waals surface area (Å²) in [6.45, 7) is 5.13. The molecule has 112 valence electrons. The molecule has 0 saturated heterocycles. The highest BCUT2D eigenvalue weighted by Gasteiger charge is 2.29. The van der Waals surface area contributed by atoms with Crippen molar-refractivity contribution in [2.45, 2.75) is 38.6 Å². The molecule has 2 heterocycles. The summed E-state index contributed by atoms with van der Waals surface area (Å²) in [6, 6.07) is 1.94. The van der Waals surface area contributed by atoms with Crippen LogP contribution in [0.5, 0.6) is 0 Å². The number of aryl methyl sites for hydroxylation is 1. The Morgan fingerprint density at radius 3 is 3.00 bits per heavy atom. The molecule has 1 amide bonds. The third-order valence-electron chi connectivity index (χ3n) is 3.80. The van der Waals surface area contributed by atoms with Crippen molar-refractivity contribution in [3.8, 4) is 0 Å². The number of alkyl halides is 1. The summed E-state index contributed by atoms with van der Waals surface area (Å²) >= 11 is 6.24. The van der Waals surface area contributed by atoms with Gasteiger partial charge in [-0.1, -0.05) is 0 Å². The number of nitrogens with one attached hydrogen (secondary N) is 1. The molecule has 0 aliphatic heterocycles. The molecule has 1 saturated carbocycles. The van der Waals surface area contributed by atoms with Gasteiger partial charge in [-0.25, -0.2) is 9.97 Å². The second-order valence-corrected chi connectivity index (χ2v) is 6.26. The van der Waals surface area contributed by atoms with Crippen LogP contribution in [0.2, 0.25) is 0 Å². The lowest BCUT2D eigenvalue weighted by Crippen LogP contribution is -2.28. The fraction of sp³-hybridized carbons (Fsp3) is 0.533. The van der Waals surface area contributed by atoms with Gasteiger partial charge in [-0.3, -0.25) is 4.79 Å². The first-order chi connectivity index (χ1) is 10.1. The molecule has 1 aliphatic carbocycles. The van der Waals surface area contributed by atoms with E-state index in [1.807, 2.05) is 24.5 Å². The van der Waals surface area contributed by atoms with E-state index < -0.39 is 0 Å². The summed E-state index contributed by atoms with van der Waals surface area (Å²) in [4.78, 5) is 20.7. The van der Waals surface area contributed by atoms with Crippen LogP contribution in [0, 0.1) is 12.8 Å². The van der Waals surface area contributed by atoms with E-state index in [0.717, 1.165) is 35.4 Å². The van der Waals surface area contributed by atoms with Crippen molar-refractivity contribution in [1.29, 1.82) is 0 Å². The fourth-order valence-electron chi connectivity index (χ4n) is 2.46. The van der Waals surface area contributed by atoms with Crippen molar-refractivity contribution >= 4 is 28.7 Å². The zero-order valence-electron chi connectivity index (χ0n) is 12.3. The number of imidazole rings is 1. The maximum absolute atomic E-state index is 11.7. The molecular weight excluding hydrogens is 288 g/mol.